The van der Waals surface area contributed by atoms with E-state index in [1.807, 2.05) is 35.9 Å². The second kappa shape index (κ2) is 8.09. The lowest BCUT2D eigenvalue weighted by atomic mass is 10.2. The van der Waals surface area contributed by atoms with E-state index >= 15 is 0 Å². The molecule has 2 N–H and O–H groups in total. The molecule has 0 aliphatic carbocycles. The third-order valence-corrected chi connectivity index (χ3v) is 4.22. The zero-order valence-electron chi connectivity index (χ0n) is 14.3. The molecule has 3 aromatic rings. The van der Waals surface area contributed by atoms with E-state index in [1.165, 1.54) is 0 Å². The molecule has 2 aromatic carbocycles. The second-order valence-electron chi connectivity index (χ2n) is 5.95. The minimum absolute atomic E-state index is 0.153. The Morgan fingerprint density at radius 1 is 1.31 bits per heavy atom. The number of nitriles is 1. The lowest BCUT2D eigenvalue weighted by molar-refractivity contribution is 0.117. The van der Waals surface area contributed by atoms with E-state index in [4.69, 9.17) is 21.6 Å². The predicted molar refractivity (Wildman–Crippen MR) is 101 cm³/mol. The quantitative estimate of drug-likeness (QED) is 0.667. The maximum atomic E-state index is 10.1. The summed E-state index contributed by atoms with van der Waals surface area (Å²) in [5.41, 5.74) is 2.69. The van der Waals surface area contributed by atoms with Crippen LogP contribution in [0.25, 0.3) is 11.0 Å². The first-order valence-electron chi connectivity index (χ1n) is 8.19. The van der Waals surface area contributed by atoms with Crippen molar-refractivity contribution < 1.29 is 9.84 Å². The maximum Gasteiger partial charge on any atom is 0.203 e. The molecule has 0 fully saturated rings. The maximum absolute atomic E-state index is 10.1. The first-order chi connectivity index (χ1) is 12.6. The van der Waals surface area contributed by atoms with Gasteiger partial charge in [0.2, 0.25) is 5.95 Å². The van der Waals surface area contributed by atoms with Gasteiger partial charge in [0.1, 0.15) is 18.5 Å². The Hall–Kier alpha value is -2.75. The van der Waals surface area contributed by atoms with Crippen molar-refractivity contribution in [2.45, 2.75) is 12.5 Å². The Balaban J connectivity index is 1.53. The van der Waals surface area contributed by atoms with Crippen molar-refractivity contribution in [3.05, 3.63) is 53.1 Å². The third-order valence-electron chi connectivity index (χ3n) is 3.99. The zero-order valence-corrected chi connectivity index (χ0v) is 15.1. The van der Waals surface area contributed by atoms with Crippen LogP contribution >= 0.6 is 11.6 Å². The van der Waals surface area contributed by atoms with Crippen molar-refractivity contribution in [3.63, 3.8) is 0 Å². The van der Waals surface area contributed by atoms with Gasteiger partial charge < -0.3 is 19.7 Å². The Morgan fingerprint density at radius 3 is 2.81 bits per heavy atom. The average molecular weight is 371 g/mol. The molecular formula is C19H19ClN4O2. The van der Waals surface area contributed by atoms with Crippen molar-refractivity contribution in [1.82, 2.24) is 9.55 Å². The van der Waals surface area contributed by atoms with Gasteiger partial charge in [-0.2, -0.15) is 5.26 Å². The van der Waals surface area contributed by atoms with Crippen LogP contribution in [0.2, 0.25) is 5.02 Å². The fraction of sp³-hybridized carbons (Fsp3) is 0.263. The molecule has 0 amide bonds. The number of rotatable bonds is 7. The van der Waals surface area contributed by atoms with Crippen LogP contribution in [0.15, 0.2) is 42.5 Å². The summed E-state index contributed by atoms with van der Waals surface area (Å²) in [6.07, 6.45) is -0.326. The van der Waals surface area contributed by atoms with E-state index in [0.717, 1.165) is 16.6 Å². The molecular weight excluding hydrogens is 352 g/mol. The largest absolute Gasteiger partial charge is 0.491 e. The summed E-state index contributed by atoms with van der Waals surface area (Å²) in [7, 11) is 1.89. The summed E-state index contributed by atoms with van der Waals surface area (Å²) in [5.74, 6) is 1.31. The predicted octanol–water partition coefficient (Wildman–Crippen LogP) is 3.14. The third kappa shape index (κ3) is 4.26. The standard InChI is InChI=1S/C19H19ClN4O2/c1-24-18-10-14(20)4-7-17(18)23-19(24)22-11-15(25)12-26-16-5-2-13(3-6-16)8-9-21/h2-7,10,15,25H,8,11-12H2,1H3,(H,22,23). The van der Waals surface area contributed by atoms with Crippen LogP contribution in [-0.4, -0.2) is 33.9 Å². The average Bonchev–Trinajstić information content (AvgIpc) is 2.95. The molecule has 1 heterocycles. The molecule has 1 atom stereocenters. The number of hydrogen-bond acceptors (Lipinski definition) is 5. The summed E-state index contributed by atoms with van der Waals surface area (Å²) in [5, 5.41) is 22.6. The number of hydrogen-bond donors (Lipinski definition) is 2. The number of imidazole rings is 1. The second-order valence-corrected chi connectivity index (χ2v) is 6.39. The molecule has 1 aromatic heterocycles. The van der Waals surface area contributed by atoms with Crippen molar-refractivity contribution in [2.75, 3.05) is 18.5 Å². The number of nitrogens with one attached hydrogen (secondary N) is 1. The van der Waals surface area contributed by atoms with E-state index in [0.29, 0.717) is 29.7 Å². The van der Waals surface area contributed by atoms with Gasteiger partial charge in [-0.25, -0.2) is 4.98 Å². The number of aryl methyl sites for hydroxylation is 1. The number of halogens is 1. The summed E-state index contributed by atoms with van der Waals surface area (Å²) in [4.78, 5) is 4.49. The number of aliphatic hydroxyl groups is 1. The van der Waals surface area contributed by atoms with E-state index in [-0.39, 0.29) is 6.61 Å². The minimum atomic E-state index is -0.697. The van der Waals surface area contributed by atoms with Crippen LogP contribution < -0.4 is 10.1 Å². The Morgan fingerprint density at radius 2 is 2.08 bits per heavy atom. The molecule has 6 nitrogen and oxygen atoms in total. The van der Waals surface area contributed by atoms with Crippen molar-refractivity contribution in [2.24, 2.45) is 7.05 Å². The molecule has 0 bridgehead atoms. The van der Waals surface area contributed by atoms with Crippen LogP contribution in [0.4, 0.5) is 5.95 Å². The van der Waals surface area contributed by atoms with Crippen LogP contribution in [0, 0.1) is 11.3 Å². The number of fused-ring (bicyclic) bond motifs is 1. The van der Waals surface area contributed by atoms with Gasteiger partial charge >= 0.3 is 0 Å². The molecule has 0 radical (unpaired) electrons. The van der Waals surface area contributed by atoms with Gasteiger partial charge in [-0.15, -0.1) is 0 Å². The van der Waals surface area contributed by atoms with E-state index in [9.17, 15) is 5.11 Å². The SMILES string of the molecule is Cn1c(NCC(O)COc2ccc(CC#N)cc2)nc2ccc(Cl)cc21. The molecule has 1 unspecified atom stereocenters. The van der Waals surface area contributed by atoms with Crippen LogP contribution in [0.5, 0.6) is 5.75 Å². The first-order valence-corrected chi connectivity index (χ1v) is 8.57. The summed E-state index contributed by atoms with van der Waals surface area (Å²) in [6, 6.07) is 14.9. The summed E-state index contributed by atoms with van der Waals surface area (Å²) < 4.78 is 7.47. The summed E-state index contributed by atoms with van der Waals surface area (Å²) in [6.45, 7) is 0.456. The van der Waals surface area contributed by atoms with Crippen LogP contribution in [0.1, 0.15) is 5.56 Å². The van der Waals surface area contributed by atoms with Gasteiger partial charge in [0.15, 0.2) is 0 Å². The number of ether oxygens (including phenoxy) is 1. The Bertz CT molecular complexity index is 931. The topological polar surface area (TPSA) is 83.1 Å². The Kier molecular flexibility index (Phi) is 5.61. The van der Waals surface area contributed by atoms with Gasteiger partial charge in [0.25, 0.3) is 0 Å². The lowest BCUT2D eigenvalue weighted by Crippen LogP contribution is -2.27. The number of aliphatic hydroxyl groups excluding tert-OH is 1. The highest BCUT2D eigenvalue weighted by atomic mass is 35.5. The molecule has 7 heteroatoms. The van der Waals surface area contributed by atoms with Gasteiger partial charge in [-0.3, -0.25) is 0 Å². The number of aromatic nitrogens is 2. The van der Waals surface area contributed by atoms with Crippen LogP contribution in [0.3, 0.4) is 0 Å². The molecule has 26 heavy (non-hydrogen) atoms. The van der Waals surface area contributed by atoms with E-state index in [2.05, 4.69) is 16.4 Å². The summed E-state index contributed by atoms with van der Waals surface area (Å²) >= 11 is 6.02. The minimum Gasteiger partial charge on any atom is -0.491 e. The smallest absolute Gasteiger partial charge is 0.203 e. The van der Waals surface area contributed by atoms with Gasteiger partial charge in [0.05, 0.1) is 23.5 Å². The number of benzene rings is 2. The van der Waals surface area contributed by atoms with Gasteiger partial charge in [-0.05, 0) is 35.9 Å². The van der Waals surface area contributed by atoms with Gasteiger partial charge in [-0.1, -0.05) is 23.7 Å². The van der Waals surface area contributed by atoms with Crippen molar-refractivity contribution in [1.29, 1.82) is 5.26 Å². The zero-order chi connectivity index (χ0) is 18.5. The van der Waals surface area contributed by atoms with E-state index < -0.39 is 6.10 Å². The van der Waals surface area contributed by atoms with Crippen molar-refractivity contribution >= 4 is 28.6 Å². The van der Waals surface area contributed by atoms with Gasteiger partial charge in [0, 0.05) is 18.6 Å². The molecule has 0 saturated carbocycles. The fourth-order valence-electron chi connectivity index (χ4n) is 2.58. The first kappa shape index (κ1) is 18.1. The van der Waals surface area contributed by atoms with E-state index in [1.54, 1.807) is 18.2 Å². The molecule has 0 saturated heterocycles. The van der Waals surface area contributed by atoms with Crippen molar-refractivity contribution in [3.8, 4) is 11.8 Å². The highest BCUT2D eigenvalue weighted by Crippen LogP contribution is 2.22. The fourth-order valence-corrected chi connectivity index (χ4v) is 2.74. The molecule has 0 aliphatic rings. The highest BCUT2D eigenvalue weighted by molar-refractivity contribution is 6.31. The Labute approximate surface area is 156 Å². The lowest BCUT2D eigenvalue weighted by Gasteiger charge is -2.14. The normalized spacial score (nSPS) is 11.9. The highest BCUT2D eigenvalue weighted by Gasteiger charge is 2.11. The molecule has 3 rings (SSSR count). The number of nitrogens with zero attached hydrogens (tertiary/aromatic N) is 3. The number of anilines is 1. The monoisotopic (exact) mass is 370 g/mol. The molecule has 134 valence electrons. The molecule has 0 spiro atoms. The molecule has 0 aliphatic heterocycles. The van der Waals surface area contributed by atoms with Crippen LogP contribution in [-0.2, 0) is 13.5 Å².